The number of halogens is 2. The van der Waals surface area contributed by atoms with Crippen LogP contribution < -0.4 is 14.9 Å². The molecule has 29 heavy (non-hydrogen) atoms. The van der Waals surface area contributed by atoms with Crippen molar-refractivity contribution in [3.63, 3.8) is 0 Å². The van der Waals surface area contributed by atoms with E-state index in [-0.39, 0.29) is 12.7 Å². The fourth-order valence-corrected chi connectivity index (χ4v) is 3.81. The van der Waals surface area contributed by atoms with Crippen molar-refractivity contribution in [3.8, 4) is 11.5 Å². The third-order valence-corrected chi connectivity index (χ3v) is 5.71. The molecule has 8 heteroatoms. The van der Waals surface area contributed by atoms with E-state index in [2.05, 4.69) is 26.5 Å². The molecule has 1 N–H and O–H groups in total. The normalized spacial score (nSPS) is 15.2. The van der Waals surface area contributed by atoms with E-state index >= 15 is 0 Å². The number of rotatable bonds is 4. The van der Waals surface area contributed by atoms with Crippen molar-refractivity contribution in [1.82, 2.24) is 10.4 Å². The molecule has 2 heterocycles. The quantitative estimate of drug-likeness (QED) is 0.427. The summed E-state index contributed by atoms with van der Waals surface area (Å²) < 4.78 is 11.5. The van der Waals surface area contributed by atoms with Gasteiger partial charge in [0.25, 0.3) is 5.91 Å². The van der Waals surface area contributed by atoms with Crippen LogP contribution in [0.2, 0.25) is 5.02 Å². The first-order chi connectivity index (χ1) is 14.1. The lowest BCUT2D eigenvalue weighted by molar-refractivity contribution is 0.0956. The van der Waals surface area contributed by atoms with E-state index in [1.54, 1.807) is 12.1 Å². The van der Waals surface area contributed by atoms with Gasteiger partial charge in [0.05, 0.1) is 22.3 Å². The zero-order valence-corrected chi connectivity index (χ0v) is 17.5. The summed E-state index contributed by atoms with van der Waals surface area (Å²) in [5.74, 6) is 1.33. The molecule has 5 rings (SSSR count). The number of carbonyl (C=O) groups excluding carboxylic acids is 1. The SMILES string of the molecule is O=C(N/N=C/c1cc2c(cc1Cl)OCO2)c1cc(C2CC2)nc2ccc(Br)cc12. The van der Waals surface area contributed by atoms with Crippen molar-refractivity contribution in [2.45, 2.75) is 18.8 Å². The summed E-state index contributed by atoms with van der Waals surface area (Å²) in [6.45, 7) is 0.164. The summed E-state index contributed by atoms with van der Waals surface area (Å²) in [5.41, 5.74) is 5.52. The first-order valence-corrected chi connectivity index (χ1v) is 10.3. The molecule has 6 nitrogen and oxygen atoms in total. The monoisotopic (exact) mass is 471 g/mol. The van der Waals surface area contributed by atoms with Crippen LogP contribution in [-0.2, 0) is 0 Å². The zero-order chi connectivity index (χ0) is 20.0. The highest BCUT2D eigenvalue weighted by molar-refractivity contribution is 9.10. The highest BCUT2D eigenvalue weighted by Gasteiger charge is 2.27. The number of amides is 1. The summed E-state index contributed by atoms with van der Waals surface area (Å²) in [5, 5.41) is 5.32. The second-order valence-electron chi connectivity index (χ2n) is 6.96. The highest BCUT2D eigenvalue weighted by atomic mass is 79.9. The average molecular weight is 473 g/mol. The van der Waals surface area contributed by atoms with E-state index in [1.165, 1.54) is 6.21 Å². The molecule has 0 unspecified atom stereocenters. The van der Waals surface area contributed by atoms with Crippen molar-refractivity contribution in [3.05, 3.63) is 62.7 Å². The van der Waals surface area contributed by atoms with Gasteiger partial charge in [-0.15, -0.1) is 0 Å². The van der Waals surface area contributed by atoms with E-state index in [1.807, 2.05) is 24.3 Å². The standard InChI is InChI=1S/C21H15BrClN3O3/c22-13-3-4-17-14(6-13)15(7-18(25-17)11-1-2-11)21(27)26-24-9-12-5-19-20(8-16(12)23)29-10-28-19/h3-9,11H,1-2,10H2,(H,26,27)/b24-9+. The van der Waals surface area contributed by atoms with Crippen molar-refractivity contribution in [2.24, 2.45) is 5.10 Å². The van der Waals surface area contributed by atoms with E-state index in [0.29, 0.717) is 33.6 Å². The predicted octanol–water partition coefficient (Wildman–Crippen LogP) is 5.02. The van der Waals surface area contributed by atoms with Gasteiger partial charge in [0.1, 0.15) is 0 Å². The Morgan fingerprint density at radius 1 is 1.21 bits per heavy atom. The summed E-state index contributed by atoms with van der Waals surface area (Å²) in [4.78, 5) is 17.6. The lowest BCUT2D eigenvalue weighted by Crippen LogP contribution is -2.18. The van der Waals surface area contributed by atoms with Gasteiger partial charge < -0.3 is 9.47 Å². The number of carbonyl (C=O) groups is 1. The van der Waals surface area contributed by atoms with Crippen LogP contribution in [0.25, 0.3) is 10.9 Å². The Balaban J connectivity index is 1.43. The molecule has 0 atom stereocenters. The van der Waals surface area contributed by atoms with Gasteiger partial charge in [-0.25, -0.2) is 5.43 Å². The second kappa shape index (κ2) is 7.31. The number of pyridine rings is 1. The molecule has 3 aromatic rings. The molecule has 0 spiro atoms. The van der Waals surface area contributed by atoms with Gasteiger partial charge in [0.2, 0.25) is 6.79 Å². The molecule has 0 saturated heterocycles. The second-order valence-corrected chi connectivity index (χ2v) is 8.28. The van der Waals surface area contributed by atoms with E-state index in [0.717, 1.165) is 33.9 Å². The minimum Gasteiger partial charge on any atom is -0.454 e. The Kier molecular flexibility index (Phi) is 4.64. The van der Waals surface area contributed by atoms with Crippen LogP contribution in [0.5, 0.6) is 11.5 Å². The third-order valence-electron chi connectivity index (χ3n) is 4.89. The van der Waals surface area contributed by atoms with Gasteiger partial charge >= 0.3 is 0 Å². The lowest BCUT2D eigenvalue weighted by atomic mass is 10.1. The number of nitrogens with zero attached hydrogens (tertiary/aromatic N) is 2. The molecule has 0 bridgehead atoms. The van der Waals surface area contributed by atoms with Crippen LogP contribution >= 0.6 is 27.5 Å². The third kappa shape index (κ3) is 3.68. The molecule has 2 aromatic carbocycles. The molecule has 1 amide bonds. The lowest BCUT2D eigenvalue weighted by Gasteiger charge is -2.09. The van der Waals surface area contributed by atoms with Crippen molar-refractivity contribution in [1.29, 1.82) is 0 Å². The van der Waals surface area contributed by atoms with Gasteiger partial charge in [-0.2, -0.15) is 5.10 Å². The first kappa shape index (κ1) is 18.4. The number of hydrogen-bond acceptors (Lipinski definition) is 5. The van der Waals surface area contributed by atoms with Gasteiger partial charge in [-0.1, -0.05) is 27.5 Å². The maximum atomic E-state index is 12.9. The Labute approximate surface area is 180 Å². The van der Waals surface area contributed by atoms with Gasteiger partial charge in [-0.05, 0) is 43.2 Å². The molecule has 1 saturated carbocycles. The zero-order valence-electron chi connectivity index (χ0n) is 15.1. The maximum absolute atomic E-state index is 12.9. The summed E-state index contributed by atoms with van der Waals surface area (Å²) in [7, 11) is 0. The topological polar surface area (TPSA) is 72.8 Å². The van der Waals surface area contributed by atoms with Gasteiger partial charge in [-0.3, -0.25) is 9.78 Å². The van der Waals surface area contributed by atoms with Crippen LogP contribution in [0.1, 0.15) is 40.4 Å². The molecular formula is C21H15BrClN3O3. The predicted molar refractivity (Wildman–Crippen MR) is 114 cm³/mol. The molecule has 1 aliphatic carbocycles. The Bertz CT molecular complexity index is 1180. The van der Waals surface area contributed by atoms with E-state index < -0.39 is 0 Å². The largest absolute Gasteiger partial charge is 0.454 e. The number of fused-ring (bicyclic) bond motifs is 2. The van der Waals surface area contributed by atoms with Crippen molar-refractivity contribution < 1.29 is 14.3 Å². The number of nitrogens with one attached hydrogen (secondary N) is 1. The average Bonchev–Trinajstić information content (AvgIpc) is 3.46. The minimum absolute atomic E-state index is 0.164. The van der Waals surface area contributed by atoms with Gasteiger partial charge in [0.15, 0.2) is 11.5 Å². The number of ether oxygens (including phenoxy) is 2. The Hall–Kier alpha value is -2.64. The van der Waals surface area contributed by atoms with Crippen LogP contribution in [-0.4, -0.2) is 23.9 Å². The minimum atomic E-state index is -0.300. The van der Waals surface area contributed by atoms with Crippen LogP contribution in [0.3, 0.4) is 0 Å². The molecule has 1 fully saturated rings. The molecule has 0 radical (unpaired) electrons. The van der Waals surface area contributed by atoms with E-state index in [4.69, 9.17) is 26.1 Å². The number of hydrazone groups is 1. The van der Waals surface area contributed by atoms with Crippen LogP contribution in [0, 0.1) is 0 Å². The summed E-state index contributed by atoms with van der Waals surface area (Å²) in [6.07, 6.45) is 3.71. The summed E-state index contributed by atoms with van der Waals surface area (Å²) >= 11 is 9.71. The highest BCUT2D eigenvalue weighted by Crippen LogP contribution is 2.40. The maximum Gasteiger partial charge on any atom is 0.272 e. The molecule has 2 aliphatic rings. The smallest absolute Gasteiger partial charge is 0.272 e. The van der Waals surface area contributed by atoms with Crippen LogP contribution in [0.4, 0.5) is 0 Å². The van der Waals surface area contributed by atoms with E-state index in [9.17, 15) is 4.79 Å². The van der Waals surface area contributed by atoms with Crippen molar-refractivity contribution >= 4 is 50.6 Å². The summed E-state index contributed by atoms with van der Waals surface area (Å²) in [6, 6.07) is 11.0. The van der Waals surface area contributed by atoms with Crippen LogP contribution in [0.15, 0.2) is 46.0 Å². The Morgan fingerprint density at radius 2 is 2.00 bits per heavy atom. The van der Waals surface area contributed by atoms with Crippen molar-refractivity contribution in [2.75, 3.05) is 6.79 Å². The molecular weight excluding hydrogens is 458 g/mol. The Morgan fingerprint density at radius 3 is 2.79 bits per heavy atom. The number of benzene rings is 2. The fraction of sp³-hybridized carbons (Fsp3) is 0.190. The first-order valence-electron chi connectivity index (χ1n) is 9.11. The molecule has 146 valence electrons. The number of hydrogen-bond donors (Lipinski definition) is 1. The molecule has 1 aromatic heterocycles. The van der Waals surface area contributed by atoms with Gasteiger partial charge in [0, 0.05) is 33.1 Å². The molecule has 1 aliphatic heterocycles. The fourth-order valence-electron chi connectivity index (χ4n) is 3.25. The number of aromatic nitrogens is 1.